The van der Waals surface area contributed by atoms with Crippen molar-refractivity contribution < 1.29 is 21.6 Å². The van der Waals surface area contributed by atoms with Crippen LogP contribution in [0, 0.1) is 12.8 Å². The summed E-state index contributed by atoms with van der Waals surface area (Å²) in [6, 6.07) is 14.6. The van der Waals surface area contributed by atoms with E-state index in [9.17, 15) is 21.6 Å². The van der Waals surface area contributed by atoms with E-state index in [2.05, 4.69) is 35.9 Å². The number of nitrogens with one attached hydrogen (secondary N) is 2. The molecule has 0 radical (unpaired) electrons. The predicted molar refractivity (Wildman–Crippen MR) is 144 cm³/mol. The maximum Gasteiger partial charge on any atom is 0.264 e. The van der Waals surface area contributed by atoms with Gasteiger partial charge in [-0.2, -0.15) is 0 Å². The lowest BCUT2D eigenvalue weighted by molar-refractivity contribution is -0.120. The van der Waals surface area contributed by atoms with Crippen molar-refractivity contribution in [3.8, 4) is 0 Å². The molecular formula is C24H26BrN5O5S2. The molecule has 0 bridgehead atoms. The molecule has 3 aromatic rings. The number of sulfonamides is 2. The van der Waals surface area contributed by atoms with Gasteiger partial charge in [-0.1, -0.05) is 28.1 Å². The van der Waals surface area contributed by atoms with Gasteiger partial charge in [-0.05, 0) is 67.8 Å². The standard InChI is InChI=1S/C24H26BrN5O5S2/c1-17-9-12-26-24(27-17)29-37(34,35)22-7-5-21(6-8-22)28-23(31)19-10-13-30(14-11-19)36(32,33)16-18-3-2-4-20(25)15-18/h2-9,12,15,19H,10-11,13-14,16H2,1H3,(H,28,31)(H,26,27,29). The van der Waals surface area contributed by atoms with Crippen LogP contribution in [0.1, 0.15) is 24.1 Å². The molecule has 1 aliphatic rings. The number of anilines is 2. The molecule has 0 saturated carbocycles. The summed E-state index contributed by atoms with van der Waals surface area (Å²) in [6.45, 7) is 2.25. The Morgan fingerprint density at radius 1 is 1.05 bits per heavy atom. The lowest BCUT2D eigenvalue weighted by Gasteiger charge is -2.30. The third kappa shape index (κ3) is 7.12. The Morgan fingerprint density at radius 3 is 2.41 bits per heavy atom. The van der Waals surface area contributed by atoms with Crippen LogP contribution in [0.15, 0.2) is 70.2 Å². The third-order valence-corrected chi connectivity index (χ3v) is 9.60. The first-order valence-electron chi connectivity index (χ1n) is 11.5. The van der Waals surface area contributed by atoms with Gasteiger partial charge in [-0.15, -0.1) is 0 Å². The summed E-state index contributed by atoms with van der Waals surface area (Å²) < 4.78 is 55.4. The first-order chi connectivity index (χ1) is 17.5. The lowest BCUT2D eigenvalue weighted by atomic mass is 9.97. The Labute approximate surface area is 224 Å². The molecular weight excluding hydrogens is 582 g/mol. The Bertz CT molecular complexity index is 1490. The molecule has 0 aliphatic carbocycles. The average Bonchev–Trinajstić information content (AvgIpc) is 2.84. The molecule has 0 atom stereocenters. The van der Waals surface area contributed by atoms with E-state index in [1.807, 2.05) is 6.07 Å². The third-order valence-electron chi connectivity index (χ3n) is 5.91. The highest BCUT2D eigenvalue weighted by Gasteiger charge is 2.31. The lowest BCUT2D eigenvalue weighted by Crippen LogP contribution is -2.41. The van der Waals surface area contributed by atoms with E-state index in [4.69, 9.17) is 0 Å². The van der Waals surface area contributed by atoms with Crippen LogP contribution in [0.5, 0.6) is 0 Å². The Balaban J connectivity index is 1.31. The average molecular weight is 609 g/mol. The van der Waals surface area contributed by atoms with Gasteiger partial charge in [0.1, 0.15) is 0 Å². The van der Waals surface area contributed by atoms with E-state index in [1.54, 1.807) is 31.2 Å². The quantitative estimate of drug-likeness (QED) is 0.399. The molecule has 1 aliphatic heterocycles. The number of hydrogen-bond donors (Lipinski definition) is 2. The van der Waals surface area contributed by atoms with Crippen LogP contribution < -0.4 is 10.0 Å². The summed E-state index contributed by atoms with van der Waals surface area (Å²) in [7, 11) is -7.39. The van der Waals surface area contributed by atoms with Gasteiger partial charge in [0.15, 0.2) is 0 Å². The van der Waals surface area contributed by atoms with Crippen molar-refractivity contribution in [1.29, 1.82) is 0 Å². The first kappa shape index (κ1) is 27.2. The maximum absolute atomic E-state index is 12.8. The summed E-state index contributed by atoms with van der Waals surface area (Å²) in [6.07, 6.45) is 2.26. The second-order valence-electron chi connectivity index (χ2n) is 8.70. The number of hydrogen-bond acceptors (Lipinski definition) is 7. The second-order valence-corrected chi connectivity index (χ2v) is 13.3. The minimum absolute atomic E-state index is 0.000402. The van der Waals surface area contributed by atoms with Gasteiger partial charge in [0.25, 0.3) is 10.0 Å². The summed E-state index contributed by atoms with van der Waals surface area (Å²) in [5.41, 5.74) is 1.76. The number of rotatable bonds is 8. The van der Waals surface area contributed by atoms with Gasteiger partial charge in [-0.3, -0.25) is 4.79 Å². The zero-order chi connectivity index (χ0) is 26.6. The molecule has 0 spiro atoms. The van der Waals surface area contributed by atoms with Crippen LogP contribution in [0.3, 0.4) is 0 Å². The van der Waals surface area contributed by atoms with Gasteiger partial charge < -0.3 is 5.32 Å². The summed E-state index contributed by atoms with van der Waals surface area (Å²) >= 11 is 3.35. The highest BCUT2D eigenvalue weighted by atomic mass is 79.9. The molecule has 2 heterocycles. The topological polar surface area (TPSA) is 138 Å². The van der Waals surface area contributed by atoms with Crippen molar-refractivity contribution in [2.75, 3.05) is 23.1 Å². The Morgan fingerprint density at radius 2 is 1.76 bits per heavy atom. The van der Waals surface area contributed by atoms with E-state index in [-0.39, 0.29) is 41.5 Å². The minimum Gasteiger partial charge on any atom is -0.326 e. The van der Waals surface area contributed by atoms with Crippen LogP contribution in [-0.4, -0.2) is 50.1 Å². The molecule has 37 heavy (non-hydrogen) atoms. The highest BCUT2D eigenvalue weighted by molar-refractivity contribution is 9.10. The molecule has 1 aromatic heterocycles. The van der Waals surface area contributed by atoms with Crippen LogP contribution in [-0.2, 0) is 30.6 Å². The predicted octanol–water partition coefficient (Wildman–Crippen LogP) is 3.53. The normalized spacial score (nSPS) is 15.3. The molecule has 4 rings (SSSR count). The largest absolute Gasteiger partial charge is 0.326 e. The SMILES string of the molecule is Cc1ccnc(NS(=O)(=O)c2ccc(NC(=O)C3CCN(S(=O)(=O)Cc4cccc(Br)c4)CC3)cc2)n1. The minimum atomic E-state index is -3.89. The van der Waals surface area contributed by atoms with E-state index >= 15 is 0 Å². The smallest absolute Gasteiger partial charge is 0.264 e. The number of halogens is 1. The number of aromatic nitrogens is 2. The van der Waals surface area contributed by atoms with Crippen molar-refractivity contribution in [3.05, 3.63) is 76.5 Å². The molecule has 2 aromatic carbocycles. The van der Waals surface area contributed by atoms with E-state index in [1.165, 1.54) is 34.8 Å². The van der Waals surface area contributed by atoms with E-state index in [0.29, 0.717) is 29.8 Å². The van der Waals surface area contributed by atoms with Crippen molar-refractivity contribution in [2.24, 2.45) is 5.92 Å². The first-order valence-corrected chi connectivity index (χ1v) is 15.4. The number of carbonyl (C=O) groups excluding carboxylic acids is 1. The fourth-order valence-corrected chi connectivity index (χ4v) is 6.91. The fourth-order valence-electron chi connectivity index (χ4n) is 3.96. The molecule has 1 fully saturated rings. The molecule has 196 valence electrons. The Kier molecular flexibility index (Phi) is 8.26. The maximum atomic E-state index is 12.8. The zero-order valence-electron chi connectivity index (χ0n) is 20.0. The summed E-state index contributed by atoms with van der Waals surface area (Å²) in [5.74, 6) is -0.696. The molecule has 1 saturated heterocycles. The number of carbonyl (C=O) groups is 1. The van der Waals surface area contributed by atoms with Crippen LogP contribution >= 0.6 is 15.9 Å². The number of piperidine rings is 1. The monoisotopic (exact) mass is 607 g/mol. The highest BCUT2D eigenvalue weighted by Crippen LogP contribution is 2.24. The van der Waals surface area contributed by atoms with Crippen molar-refractivity contribution >= 4 is 53.5 Å². The van der Waals surface area contributed by atoms with Crippen molar-refractivity contribution in [1.82, 2.24) is 14.3 Å². The molecule has 0 unspecified atom stereocenters. The number of amides is 1. The van der Waals surface area contributed by atoms with Gasteiger partial charge in [-0.25, -0.2) is 35.8 Å². The number of nitrogens with zero attached hydrogens (tertiary/aromatic N) is 3. The summed E-state index contributed by atoms with van der Waals surface area (Å²) in [4.78, 5) is 20.7. The Hall–Kier alpha value is -2.87. The van der Waals surface area contributed by atoms with Crippen LogP contribution in [0.4, 0.5) is 11.6 Å². The number of aryl methyl sites for hydroxylation is 1. The van der Waals surface area contributed by atoms with Crippen molar-refractivity contribution in [3.63, 3.8) is 0 Å². The van der Waals surface area contributed by atoms with E-state index < -0.39 is 20.0 Å². The van der Waals surface area contributed by atoms with E-state index in [0.717, 1.165) is 4.47 Å². The molecule has 10 nitrogen and oxygen atoms in total. The summed E-state index contributed by atoms with van der Waals surface area (Å²) in [5, 5.41) is 2.80. The van der Waals surface area contributed by atoms with Crippen LogP contribution in [0.25, 0.3) is 0 Å². The molecule has 1 amide bonds. The van der Waals surface area contributed by atoms with Gasteiger partial charge in [0.05, 0.1) is 10.6 Å². The molecule has 13 heteroatoms. The van der Waals surface area contributed by atoms with Gasteiger partial charge >= 0.3 is 0 Å². The number of benzene rings is 2. The zero-order valence-corrected chi connectivity index (χ0v) is 23.2. The van der Waals surface area contributed by atoms with Crippen LogP contribution in [0.2, 0.25) is 0 Å². The molecule has 2 N–H and O–H groups in total. The van der Waals surface area contributed by atoms with Gasteiger partial charge in [0.2, 0.25) is 21.9 Å². The van der Waals surface area contributed by atoms with Gasteiger partial charge in [0, 0.05) is 41.1 Å². The van der Waals surface area contributed by atoms with Crippen molar-refractivity contribution in [2.45, 2.75) is 30.4 Å². The fraction of sp³-hybridized carbons (Fsp3) is 0.292. The second kappa shape index (κ2) is 11.3.